The summed E-state index contributed by atoms with van der Waals surface area (Å²) in [6.07, 6.45) is 0. The van der Waals surface area contributed by atoms with Crippen molar-refractivity contribution >= 4 is 6.01 Å². The molecule has 2 fully saturated rings. The molecule has 0 bridgehead atoms. The Morgan fingerprint density at radius 1 is 1.05 bits per heavy atom. The van der Waals surface area contributed by atoms with E-state index >= 15 is 0 Å². The Morgan fingerprint density at radius 2 is 1.73 bits per heavy atom. The van der Waals surface area contributed by atoms with Crippen LogP contribution in [0, 0.1) is 11.8 Å². The second kappa shape index (κ2) is 5.28. The van der Waals surface area contributed by atoms with Gasteiger partial charge in [-0.3, -0.25) is 0 Å². The SMILES string of the molecule is COc1ccc(-c2nnc(N3CC4CN(C)CC4C3)o2)cc1. The average molecular weight is 300 g/mol. The lowest BCUT2D eigenvalue weighted by Crippen LogP contribution is -2.26. The Labute approximate surface area is 129 Å². The summed E-state index contributed by atoms with van der Waals surface area (Å²) in [4.78, 5) is 4.63. The largest absolute Gasteiger partial charge is 0.497 e. The summed E-state index contributed by atoms with van der Waals surface area (Å²) in [5.41, 5.74) is 0.915. The summed E-state index contributed by atoms with van der Waals surface area (Å²) in [7, 11) is 3.85. The molecule has 1 aromatic carbocycles. The van der Waals surface area contributed by atoms with Crippen molar-refractivity contribution < 1.29 is 9.15 Å². The van der Waals surface area contributed by atoms with Gasteiger partial charge in [0, 0.05) is 31.7 Å². The minimum Gasteiger partial charge on any atom is -0.497 e. The summed E-state index contributed by atoms with van der Waals surface area (Å²) in [6, 6.07) is 8.31. The summed E-state index contributed by atoms with van der Waals surface area (Å²) in [6.45, 7) is 4.36. The van der Waals surface area contributed by atoms with Crippen molar-refractivity contribution in [1.29, 1.82) is 0 Å². The molecule has 0 aliphatic carbocycles. The van der Waals surface area contributed by atoms with Gasteiger partial charge in [0.2, 0.25) is 5.89 Å². The molecule has 2 aliphatic rings. The molecule has 0 amide bonds. The van der Waals surface area contributed by atoms with Crippen LogP contribution in [0.5, 0.6) is 5.75 Å². The van der Waals surface area contributed by atoms with E-state index < -0.39 is 0 Å². The minimum atomic E-state index is 0.562. The van der Waals surface area contributed by atoms with Gasteiger partial charge in [-0.2, -0.15) is 0 Å². The van der Waals surface area contributed by atoms with Crippen molar-refractivity contribution in [3.05, 3.63) is 24.3 Å². The fraction of sp³-hybridized carbons (Fsp3) is 0.500. The summed E-state index contributed by atoms with van der Waals surface area (Å²) >= 11 is 0. The molecule has 6 nitrogen and oxygen atoms in total. The van der Waals surface area contributed by atoms with Crippen LogP contribution in [0.1, 0.15) is 0 Å². The number of methoxy groups -OCH3 is 1. The van der Waals surface area contributed by atoms with Gasteiger partial charge in [0.05, 0.1) is 7.11 Å². The summed E-state index contributed by atoms with van der Waals surface area (Å²) in [5, 5.41) is 8.41. The van der Waals surface area contributed by atoms with Crippen LogP contribution in [0.2, 0.25) is 0 Å². The van der Waals surface area contributed by atoms with E-state index in [1.165, 1.54) is 13.1 Å². The Kier molecular flexibility index (Phi) is 3.26. The van der Waals surface area contributed by atoms with Crippen molar-refractivity contribution in [2.24, 2.45) is 11.8 Å². The van der Waals surface area contributed by atoms with Gasteiger partial charge in [-0.15, -0.1) is 5.10 Å². The first-order valence-corrected chi connectivity index (χ1v) is 7.64. The number of anilines is 1. The molecule has 2 saturated heterocycles. The molecule has 2 aromatic rings. The first-order chi connectivity index (χ1) is 10.7. The van der Waals surface area contributed by atoms with Crippen molar-refractivity contribution in [1.82, 2.24) is 15.1 Å². The molecule has 0 radical (unpaired) electrons. The molecule has 0 spiro atoms. The highest BCUT2D eigenvalue weighted by Gasteiger charge is 2.40. The van der Waals surface area contributed by atoms with Crippen molar-refractivity contribution in [3.8, 4) is 17.2 Å². The smallest absolute Gasteiger partial charge is 0.318 e. The van der Waals surface area contributed by atoms with Gasteiger partial charge in [0.25, 0.3) is 0 Å². The molecule has 0 N–H and O–H groups in total. The number of aromatic nitrogens is 2. The third kappa shape index (κ3) is 2.33. The van der Waals surface area contributed by atoms with E-state index in [9.17, 15) is 0 Å². The van der Waals surface area contributed by atoms with E-state index in [0.29, 0.717) is 11.9 Å². The summed E-state index contributed by atoms with van der Waals surface area (Å²) in [5.74, 6) is 2.83. The van der Waals surface area contributed by atoms with E-state index in [2.05, 4.69) is 27.0 Å². The third-order valence-corrected chi connectivity index (χ3v) is 4.69. The monoisotopic (exact) mass is 300 g/mol. The lowest BCUT2D eigenvalue weighted by Gasteiger charge is -2.16. The van der Waals surface area contributed by atoms with Gasteiger partial charge in [-0.1, -0.05) is 5.10 Å². The standard InChI is InChI=1S/C16H20N4O2/c1-19-7-12-9-20(10-13(12)8-19)16-18-17-15(22-16)11-3-5-14(21-2)6-4-11/h3-6,12-13H,7-10H2,1-2H3. The van der Waals surface area contributed by atoms with Crippen LogP contribution in [0.3, 0.4) is 0 Å². The molecule has 1 aromatic heterocycles. The predicted octanol–water partition coefficient (Wildman–Crippen LogP) is 1.74. The van der Waals surface area contributed by atoms with Crippen LogP contribution in [0.4, 0.5) is 6.01 Å². The molecule has 0 saturated carbocycles. The van der Waals surface area contributed by atoms with Gasteiger partial charge in [-0.05, 0) is 43.1 Å². The zero-order valence-electron chi connectivity index (χ0n) is 12.9. The highest BCUT2D eigenvalue weighted by atomic mass is 16.5. The normalized spacial score (nSPS) is 24.7. The number of likely N-dealkylation sites (tertiary alicyclic amines) is 1. The number of hydrogen-bond acceptors (Lipinski definition) is 6. The average Bonchev–Trinajstić information content (AvgIpc) is 3.21. The summed E-state index contributed by atoms with van der Waals surface area (Å²) < 4.78 is 11.0. The number of ether oxygens (including phenoxy) is 1. The van der Waals surface area contributed by atoms with E-state index in [-0.39, 0.29) is 0 Å². The number of nitrogens with zero attached hydrogens (tertiary/aromatic N) is 4. The van der Waals surface area contributed by atoms with Gasteiger partial charge in [0.15, 0.2) is 0 Å². The molecule has 4 rings (SSSR count). The maximum Gasteiger partial charge on any atom is 0.318 e. The third-order valence-electron chi connectivity index (χ3n) is 4.69. The van der Waals surface area contributed by atoms with Crippen molar-refractivity contribution in [2.45, 2.75) is 0 Å². The van der Waals surface area contributed by atoms with Gasteiger partial charge < -0.3 is 19.0 Å². The molecule has 22 heavy (non-hydrogen) atoms. The van der Waals surface area contributed by atoms with Gasteiger partial charge in [0.1, 0.15) is 5.75 Å². The van der Waals surface area contributed by atoms with Crippen LogP contribution in [0.15, 0.2) is 28.7 Å². The maximum atomic E-state index is 5.87. The fourth-order valence-electron chi connectivity index (χ4n) is 3.58. The van der Waals surface area contributed by atoms with Crippen molar-refractivity contribution in [3.63, 3.8) is 0 Å². The second-order valence-electron chi connectivity index (χ2n) is 6.26. The van der Waals surface area contributed by atoms with Crippen LogP contribution >= 0.6 is 0 Å². The lowest BCUT2D eigenvalue weighted by molar-refractivity contribution is 0.384. The molecule has 6 heteroatoms. The zero-order chi connectivity index (χ0) is 15.1. The van der Waals surface area contributed by atoms with Crippen LogP contribution < -0.4 is 9.64 Å². The lowest BCUT2D eigenvalue weighted by atomic mass is 10.0. The Balaban J connectivity index is 1.50. The molecular formula is C16H20N4O2. The fourth-order valence-corrected chi connectivity index (χ4v) is 3.58. The van der Waals surface area contributed by atoms with Crippen LogP contribution in [-0.2, 0) is 0 Å². The highest BCUT2D eigenvalue weighted by Crippen LogP contribution is 2.33. The first kappa shape index (κ1) is 13.6. The van der Waals surface area contributed by atoms with E-state index in [1.807, 2.05) is 24.3 Å². The molecule has 116 valence electrons. The Morgan fingerprint density at radius 3 is 2.36 bits per heavy atom. The van der Waals surface area contributed by atoms with Gasteiger partial charge in [-0.25, -0.2) is 0 Å². The number of rotatable bonds is 3. The molecule has 2 atom stereocenters. The molecular weight excluding hydrogens is 280 g/mol. The Bertz CT molecular complexity index is 640. The number of fused-ring (bicyclic) bond motifs is 1. The maximum absolute atomic E-state index is 5.87. The Hall–Kier alpha value is -2.08. The quantitative estimate of drug-likeness (QED) is 0.860. The van der Waals surface area contributed by atoms with Crippen LogP contribution in [0.25, 0.3) is 11.5 Å². The highest BCUT2D eigenvalue weighted by molar-refractivity contribution is 5.55. The van der Waals surface area contributed by atoms with Crippen LogP contribution in [-0.4, -0.2) is 55.4 Å². The van der Waals surface area contributed by atoms with Gasteiger partial charge >= 0.3 is 6.01 Å². The topological polar surface area (TPSA) is 54.6 Å². The predicted molar refractivity (Wildman–Crippen MR) is 83.0 cm³/mol. The number of benzene rings is 1. The van der Waals surface area contributed by atoms with E-state index in [1.54, 1.807) is 7.11 Å². The molecule has 2 unspecified atom stereocenters. The zero-order valence-corrected chi connectivity index (χ0v) is 12.9. The molecule has 3 heterocycles. The van der Waals surface area contributed by atoms with E-state index in [0.717, 1.165) is 36.2 Å². The first-order valence-electron chi connectivity index (χ1n) is 7.64. The number of hydrogen-bond donors (Lipinski definition) is 0. The second-order valence-corrected chi connectivity index (χ2v) is 6.26. The van der Waals surface area contributed by atoms with Crippen molar-refractivity contribution in [2.75, 3.05) is 45.2 Å². The molecule has 2 aliphatic heterocycles. The van der Waals surface area contributed by atoms with E-state index in [4.69, 9.17) is 9.15 Å². The minimum absolute atomic E-state index is 0.562.